The molecule has 1 atom stereocenters. The van der Waals surface area contributed by atoms with E-state index >= 15 is 0 Å². The molecule has 0 radical (unpaired) electrons. The number of nitrogen functional groups attached to an aromatic ring is 1. The number of benzene rings is 1. The van der Waals surface area contributed by atoms with Crippen LogP contribution in [0.4, 0.5) is 19.0 Å². The summed E-state index contributed by atoms with van der Waals surface area (Å²) >= 11 is 0.630. The third-order valence-electron chi connectivity index (χ3n) is 2.93. The van der Waals surface area contributed by atoms with Crippen LogP contribution in [0.25, 0.3) is 11.2 Å². The van der Waals surface area contributed by atoms with E-state index in [4.69, 9.17) is 5.73 Å². The van der Waals surface area contributed by atoms with Crippen LogP contribution in [-0.4, -0.2) is 26.6 Å². The number of H-pyrrole nitrogens is 1. The van der Waals surface area contributed by atoms with Crippen LogP contribution in [0.2, 0.25) is 0 Å². The molecule has 0 fully saturated rings. The van der Waals surface area contributed by atoms with Crippen LogP contribution in [0, 0.1) is 0 Å². The average molecular weight is 325 g/mol. The van der Waals surface area contributed by atoms with Crippen molar-refractivity contribution in [2.45, 2.75) is 16.3 Å². The molecule has 0 aliphatic rings. The molecule has 0 spiro atoms. The van der Waals surface area contributed by atoms with Gasteiger partial charge in [0.05, 0.1) is 0 Å². The van der Waals surface area contributed by atoms with Gasteiger partial charge in [-0.15, -0.1) is 16.9 Å². The van der Waals surface area contributed by atoms with Gasteiger partial charge < -0.3 is 5.73 Å². The summed E-state index contributed by atoms with van der Waals surface area (Å²) in [5.74, 6) is 0.107. The zero-order valence-electron chi connectivity index (χ0n) is 11.0. The Kier molecular flexibility index (Phi) is 3.65. The topological polar surface area (TPSA) is 80.5 Å². The van der Waals surface area contributed by atoms with Gasteiger partial charge in [-0.3, -0.25) is 0 Å². The molecule has 22 heavy (non-hydrogen) atoms. The van der Waals surface area contributed by atoms with Gasteiger partial charge in [-0.2, -0.15) is 13.2 Å². The smallest absolute Gasteiger partial charge is 0.384 e. The Hall–Kier alpha value is -2.29. The van der Waals surface area contributed by atoms with Gasteiger partial charge in [-0.1, -0.05) is 35.5 Å². The van der Waals surface area contributed by atoms with Gasteiger partial charge in [-0.25, -0.2) is 10.1 Å². The highest BCUT2D eigenvalue weighted by Crippen LogP contribution is 2.47. The van der Waals surface area contributed by atoms with Gasteiger partial charge in [-0.05, 0) is 11.6 Å². The maximum atomic E-state index is 13.4. The Morgan fingerprint density at radius 1 is 1.18 bits per heavy atom. The number of aromatic nitrogens is 4. The summed E-state index contributed by atoms with van der Waals surface area (Å²) in [5.41, 5.74) is 6.31. The van der Waals surface area contributed by atoms with Crippen LogP contribution in [0.1, 0.15) is 10.8 Å². The standard InChI is InChI=1S/C13H10F3N5S/c14-13(15,16)11(7-4-2-1-3-5-7)22-8-6-9(17)18-12-10(8)19-21-20-12/h1-6,11H,(H3,17,18,19,20,21). The molecule has 3 N–H and O–H groups in total. The van der Waals surface area contributed by atoms with E-state index in [1.54, 1.807) is 18.2 Å². The van der Waals surface area contributed by atoms with E-state index in [-0.39, 0.29) is 27.4 Å². The van der Waals surface area contributed by atoms with Crippen LogP contribution in [0.5, 0.6) is 0 Å². The molecule has 3 aromatic rings. The normalized spacial score (nSPS) is 13.4. The van der Waals surface area contributed by atoms with Crippen LogP contribution in [0.15, 0.2) is 41.3 Å². The summed E-state index contributed by atoms with van der Waals surface area (Å²) in [6.45, 7) is 0. The minimum atomic E-state index is -4.42. The molecule has 0 saturated heterocycles. The van der Waals surface area contributed by atoms with Crippen LogP contribution >= 0.6 is 11.8 Å². The zero-order chi connectivity index (χ0) is 15.7. The minimum absolute atomic E-state index is 0.107. The van der Waals surface area contributed by atoms with E-state index in [0.717, 1.165) is 0 Å². The Bertz CT molecular complexity index is 787. The predicted molar refractivity (Wildman–Crippen MR) is 77.2 cm³/mol. The van der Waals surface area contributed by atoms with Gasteiger partial charge in [0.2, 0.25) is 0 Å². The average Bonchev–Trinajstić information content (AvgIpc) is 2.92. The van der Waals surface area contributed by atoms with E-state index in [1.165, 1.54) is 18.2 Å². The molecule has 1 unspecified atom stereocenters. The number of nitrogens with one attached hydrogen (secondary N) is 1. The Balaban J connectivity index is 2.05. The van der Waals surface area contributed by atoms with Crippen molar-refractivity contribution >= 4 is 28.7 Å². The van der Waals surface area contributed by atoms with Gasteiger partial charge in [0.25, 0.3) is 0 Å². The lowest BCUT2D eigenvalue weighted by Gasteiger charge is -2.20. The molecule has 5 nitrogen and oxygen atoms in total. The number of hydrogen-bond donors (Lipinski definition) is 2. The van der Waals surface area contributed by atoms with E-state index in [2.05, 4.69) is 20.4 Å². The monoisotopic (exact) mass is 325 g/mol. The highest BCUT2D eigenvalue weighted by atomic mass is 32.2. The first-order valence-corrected chi connectivity index (χ1v) is 7.08. The maximum Gasteiger partial charge on any atom is 0.404 e. The van der Waals surface area contributed by atoms with Gasteiger partial charge in [0.1, 0.15) is 16.6 Å². The van der Waals surface area contributed by atoms with Crippen molar-refractivity contribution in [3.63, 3.8) is 0 Å². The summed E-state index contributed by atoms with van der Waals surface area (Å²) in [7, 11) is 0. The predicted octanol–water partition coefficient (Wildman–Crippen LogP) is 3.33. The number of halogens is 3. The molecular formula is C13H10F3N5S. The molecule has 0 aliphatic carbocycles. The van der Waals surface area contributed by atoms with E-state index in [9.17, 15) is 13.2 Å². The Labute approximate surface area is 127 Å². The fraction of sp³-hybridized carbons (Fsp3) is 0.154. The zero-order valence-corrected chi connectivity index (χ0v) is 11.8. The number of nitrogens with zero attached hydrogens (tertiary/aromatic N) is 3. The first-order valence-electron chi connectivity index (χ1n) is 6.21. The third kappa shape index (κ3) is 2.84. The molecule has 0 aliphatic heterocycles. The maximum absolute atomic E-state index is 13.4. The number of hydrogen-bond acceptors (Lipinski definition) is 5. The first kappa shape index (κ1) is 14.6. The lowest BCUT2D eigenvalue weighted by Crippen LogP contribution is -2.18. The first-order chi connectivity index (χ1) is 10.4. The molecule has 0 saturated carbocycles. The quantitative estimate of drug-likeness (QED) is 0.722. The van der Waals surface area contributed by atoms with Gasteiger partial charge in [0.15, 0.2) is 5.65 Å². The summed E-state index contributed by atoms with van der Waals surface area (Å²) in [5, 5.41) is 8.11. The number of aromatic amines is 1. The fourth-order valence-electron chi connectivity index (χ4n) is 2.00. The van der Waals surface area contributed by atoms with Crippen LogP contribution < -0.4 is 5.73 Å². The van der Waals surface area contributed by atoms with E-state index in [0.29, 0.717) is 11.8 Å². The van der Waals surface area contributed by atoms with Crippen molar-refractivity contribution < 1.29 is 13.2 Å². The third-order valence-corrected chi connectivity index (χ3v) is 4.27. The van der Waals surface area contributed by atoms with Gasteiger partial charge >= 0.3 is 6.18 Å². The summed E-state index contributed by atoms with van der Waals surface area (Å²) in [4.78, 5) is 4.22. The van der Waals surface area contributed by atoms with Crippen molar-refractivity contribution in [3.8, 4) is 0 Å². The largest absolute Gasteiger partial charge is 0.404 e. The lowest BCUT2D eigenvalue weighted by molar-refractivity contribution is -0.129. The molecule has 2 heterocycles. The SMILES string of the molecule is Nc1cc(SC(c2ccccc2)C(F)(F)F)c2nn[nH]c2n1. The number of pyridine rings is 1. The fourth-order valence-corrected chi connectivity index (χ4v) is 3.12. The van der Waals surface area contributed by atoms with E-state index < -0.39 is 11.4 Å². The molecule has 0 bridgehead atoms. The second-order valence-electron chi connectivity index (χ2n) is 4.50. The van der Waals surface area contributed by atoms with Crippen molar-refractivity contribution in [2.24, 2.45) is 0 Å². The molecule has 9 heteroatoms. The number of thioether (sulfide) groups is 1. The number of alkyl halides is 3. The Morgan fingerprint density at radius 3 is 2.59 bits per heavy atom. The number of fused-ring (bicyclic) bond motifs is 1. The van der Waals surface area contributed by atoms with Crippen molar-refractivity contribution in [3.05, 3.63) is 42.0 Å². The molecule has 1 aromatic carbocycles. The molecule has 2 aromatic heterocycles. The van der Waals surface area contributed by atoms with Crippen molar-refractivity contribution in [1.82, 2.24) is 20.4 Å². The van der Waals surface area contributed by atoms with Crippen molar-refractivity contribution in [1.29, 1.82) is 0 Å². The lowest BCUT2D eigenvalue weighted by atomic mass is 10.1. The molecule has 114 valence electrons. The number of rotatable bonds is 3. The second-order valence-corrected chi connectivity index (χ2v) is 5.65. The highest BCUT2D eigenvalue weighted by molar-refractivity contribution is 7.99. The van der Waals surface area contributed by atoms with Crippen LogP contribution in [-0.2, 0) is 0 Å². The number of anilines is 1. The summed E-state index contributed by atoms with van der Waals surface area (Å²) in [6.07, 6.45) is -4.42. The van der Waals surface area contributed by atoms with Gasteiger partial charge in [0, 0.05) is 4.90 Å². The molecular weight excluding hydrogens is 315 g/mol. The Morgan fingerprint density at radius 2 is 1.91 bits per heavy atom. The summed E-state index contributed by atoms with van der Waals surface area (Å²) in [6, 6.07) is 9.06. The number of nitrogens with two attached hydrogens (primary N) is 1. The summed E-state index contributed by atoms with van der Waals surface area (Å²) < 4.78 is 40.2. The second kappa shape index (κ2) is 5.48. The molecule has 0 amide bonds. The van der Waals surface area contributed by atoms with Crippen LogP contribution in [0.3, 0.4) is 0 Å². The highest BCUT2D eigenvalue weighted by Gasteiger charge is 2.42. The van der Waals surface area contributed by atoms with E-state index in [1.807, 2.05) is 0 Å². The van der Waals surface area contributed by atoms with Crippen molar-refractivity contribution in [2.75, 3.05) is 5.73 Å². The minimum Gasteiger partial charge on any atom is -0.384 e. The molecule has 3 rings (SSSR count).